The maximum absolute atomic E-state index is 12.6. The summed E-state index contributed by atoms with van der Waals surface area (Å²) in [6, 6.07) is 2.43. The Morgan fingerprint density at radius 1 is 1.43 bits per heavy atom. The summed E-state index contributed by atoms with van der Waals surface area (Å²) in [5, 5.41) is 27.2. The maximum Gasteiger partial charge on any atom is 0.213 e. The molecule has 0 spiro atoms. The minimum absolute atomic E-state index is 0.296. The lowest BCUT2D eigenvalue weighted by Crippen LogP contribution is -2.23. The smallest absolute Gasteiger partial charge is 0.213 e. The van der Waals surface area contributed by atoms with Crippen LogP contribution in [0.4, 0.5) is 4.39 Å². The van der Waals surface area contributed by atoms with Crippen molar-refractivity contribution >= 4 is 0 Å². The lowest BCUT2D eigenvalue weighted by atomic mass is 10.0. The Bertz CT molecular complexity index is 319. The van der Waals surface area contributed by atoms with Crippen molar-refractivity contribution in [3.05, 3.63) is 29.3 Å². The van der Waals surface area contributed by atoms with Gasteiger partial charge in [0.15, 0.2) is 0 Å². The predicted molar refractivity (Wildman–Crippen MR) is 47.0 cm³/mol. The van der Waals surface area contributed by atoms with Gasteiger partial charge in [-0.1, -0.05) is 0 Å². The van der Waals surface area contributed by atoms with E-state index in [0.717, 1.165) is 6.07 Å². The molecule has 2 atom stereocenters. The van der Waals surface area contributed by atoms with Crippen LogP contribution in [0.5, 0.6) is 0 Å². The number of aliphatic hydroxyl groups is 3. The molecule has 1 rings (SSSR count). The lowest BCUT2D eigenvalue weighted by molar-refractivity contribution is -0.0157. The quantitative estimate of drug-likeness (QED) is 0.598. The van der Waals surface area contributed by atoms with Crippen LogP contribution in [0.15, 0.2) is 12.1 Å². The van der Waals surface area contributed by atoms with Crippen LogP contribution in [-0.2, 0) is 0 Å². The van der Waals surface area contributed by atoms with Gasteiger partial charge in [-0.25, -0.2) is 4.98 Å². The third kappa shape index (κ3) is 2.25. The van der Waals surface area contributed by atoms with E-state index < -0.39 is 24.8 Å². The molecule has 1 aromatic rings. The standard InChI is InChI=1S/C9H12FNO3/c1-5-6(2-3-8(10)11-5)9(14)7(13)4-12/h2-3,7,9,12-14H,4H2,1H3. The largest absolute Gasteiger partial charge is 0.394 e. The third-order valence-electron chi connectivity index (χ3n) is 1.96. The SMILES string of the molecule is Cc1nc(F)ccc1C(O)C(O)CO. The van der Waals surface area contributed by atoms with Crippen molar-refractivity contribution in [3.8, 4) is 0 Å². The zero-order valence-electron chi connectivity index (χ0n) is 7.68. The van der Waals surface area contributed by atoms with E-state index in [0.29, 0.717) is 11.3 Å². The maximum atomic E-state index is 12.6. The van der Waals surface area contributed by atoms with Crippen LogP contribution in [0, 0.1) is 12.9 Å². The molecular weight excluding hydrogens is 189 g/mol. The second kappa shape index (κ2) is 4.45. The molecule has 0 saturated heterocycles. The fourth-order valence-electron chi connectivity index (χ4n) is 1.16. The molecule has 0 aliphatic rings. The van der Waals surface area contributed by atoms with Crippen LogP contribution in [0.1, 0.15) is 17.4 Å². The normalized spacial score (nSPS) is 15.2. The van der Waals surface area contributed by atoms with Crippen molar-refractivity contribution in [1.29, 1.82) is 0 Å². The monoisotopic (exact) mass is 201 g/mol. The molecule has 0 saturated carbocycles. The summed E-state index contributed by atoms with van der Waals surface area (Å²) in [4.78, 5) is 3.49. The summed E-state index contributed by atoms with van der Waals surface area (Å²) in [6.45, 7) is 0.962. The highest BCUT2D eigenvalue weighted by Crippen LogP contribution is 2.19. The zero-order chi connectivity index (χ0) is 10.7. The van der Waals surface area contributed by atoms with Gasteiger partial charge >= 0.3 is 0 Å². The zero-order valence-corrected chi connectivity index (χ0v) is 7.68. The van der Waals surface area contributed by atoms with Gasteiger partial charge in [0.1, 0.15) is 12.2 Å². The van der Waals surface area contributed by atoms with E-state index in [1.807, 2.05) is 0 Å². The van der Waals surface area contributed by atoms with Crippen molar-refractivity contribution < 1.29 is 19.7 Å². The summed E-state index contributed by atoms with van der Waals surface area (Å²) in [5.41, 5.74) is 0.609. The Labute approximate surface area is 80.7 Å². The van der Waals surface area contributed by atoms with Gasteiger partial charge in [0.2, 0.25) is 5.95 Å². The van der Waals surface area contributed by atoms with Gasteiger partial charge in [-0.15, -0.1) is 0 Å². The first-order valence-electron chi connectivity index (χ1n) is 4.16. The van der Waals surface area contributed by atoms with Crippen LogP contribution in [0.2, 0.25) is 0 Å². The van der Waals surface area contributed by atoms with E-state index in [-0.39, 0.29) is 0 Å². The Morgan fingerprint density at radius 3 is 2.57 bits per heavy atom. The number of aromatic nitrogens is 1. The Kier molecular flexibility index (Phi) is 3.51. The first-order valence-corrected chi connectivity index (χ1v) is 4.16. The molecule has 4 nitrogen and oxygen atoms in total. The summed E-state index contributed by atoms with van der Waals surface area (Å²) in [7, 11) is 0. The molecule has 0 aliphatic heterocycles. The predicted octanol–water partition coefficient (Wildman–Crippen LogP) is -0.0843. The molecule has 78 valence electrons. The Balaban J connectivity index is 2.95. The fourth-order valence-corrected chi connectivity index (χ4v) is 1.16. The summed E-state index contributed by atoms with van der Waals surface area (Å²) in [5.74, 6) is -0.642. The first-order chi connectivity index (χ1) is 6.56. The minimum atomic E-state index is -1.28. The van der Waals surface area contributed by atoms with E-state index in [1.54, 1.807) is 0 Å². The molecule has 0 fully saturated rings. The molecule has 3 N–H and O–H groups in total. The summed E-state index contributed by atoms with van der Waals surface area (Å²) >= 11 is 0. The highest BCUT2D eigenvalue weighted by atomic mass is 19.1. The van der Waals surface area contributed by atoms with E-state index >= 15 is 0 Å². The van der Waals surface area contributed by atoms with Crippen LogP contribution >= 0.6 is 0 Å². The van der Waals surface area contributed by atoms with Gasteiger partial charge in [-0.2, -0.15) is 4.39 Å². The van der Waals surface area contributed by atoms with Gasteiger partial charge in [0.05, 0.1) is 6.61 Å². The van der Waals surface area contributed by atoms with Crippen LogP contribution in [0.3, 0.4) is 0 Å². The lowest BCUT2D eigenvalue weighted by Gasteiger charge is -2.17. The molecule has 0 aliphatic carbocycles. The number of aliphatic hydroxyl groups excluding tert-OH is 3. The van der Waals surface area contributed by atoms with Crippen molar-refractivity contribution in [3.63, 3.8) is 0 Å². The van der Waals surface area contributed by atoms with Crippen molar-refractivity contribution in [2.24, 2.45) is 0 Å². The molecule has 1 heterocycles. The Morgan fingerprint density at radius 2 is 2.07 bits per heavy atom. The first kappa shape index (κ1) is 11.0. The molecule has 2 unspecified atom stereocenters. The minimum Gasteiger partial charge on any atom is -0.394 e. The van der Waals surface area contributed by atoms with E-state index in [1.165, 1.54) is 13.0 Å². The summed E-state index contributed by atoms with van der Waals surface area (Å²) < 4.78 is 12.6. The number of nitrogens with zero attached hydrogens (tertiary/aromatic N) is 1. The van der Waals surface area contributed by atoms with Gasteiger partial charge in [0.25, 0.3) is 0 Å². The summed E-state index contributed by atoms with van der Waals surface area (Å²) in [6.07, 6.45) is -2.52. The molecule has 5 heteroatoms. The van der Waals surface area contributed by atoms with Crippen molar-refractivity contribution in [2.75, 3.05) is 6.61 Å². The molecule has 0 bridgehead atoms. The molecule has 14 heavy (non-hydrogen) atoms. The number of aryl methyl sites for hydroxylation is 1. The van der Waals surface area contributed by atoms with Crippen LogP contribution in [-0.4, -0.2) is 33.0 Å². The molecule has 1 aromatic heterocycles. The van der Waals surface area contributed by atoms with Crippen LogP contribution in [0.25, 0.3) is 0 Å². The highest BCUT2D eigenvalue weighted by molar-refractivity contribution is 5.22. The number of halogens is 1. The van der Waals surface area contributed by atoms with E-state index in [4.69, 9.17) is 10.2 Å². The number of pyridine rings is 1. The van der Waals surface area contributed by atoms with E-state index in [9.17, 15) is 9.50 Å². The van der Waals surface area contributed by atoms with E-state index in [2.05, 4.69) is 4.98 Å². The fraction of sp³-hybridized carbons (Fsp3) is 0.444. The third-order valence-corrected chi connectivity index (χ3v) is 1.96. The molecular formula is C9H12FNO3. The second-order valence-corrected chi connectivity index (χ2v) is 3.00. The molecule has 0 aromatic carbocycles. The average molecular weight is 201 g/mol. The van der Waals surface area contributed by atoms with Crippen molar-refractivity contribution in [2.45, 2.75) is 19.1 Å². The van der Waals surface area contributed by atoms with Gasteiger partial charge < -0.3 is 15.3 Å². The van der Waals surface area contributed by atoms with Gasteiger partial charge in [0, 0.05) is 11.3 Å². The van der Waals surface area contributed by atoms with Crippen molar-refractivity contribution in [1.82, 2.24) is 4.98 Å². The molecule has 0 amide bonds. The average Bonchev–Trinajstić information content (AvgIpc) is 2.15. The second-order valence-electron chi connectivity index (χ2n) is 3.00. The highest BCUT2D eigenvalue weighted by Gasteiger charge is 2.19. The number of hydrogen-bond acceptors (Lipinski definition) is 4. The van der Waals surface area contributed by atoms with Gasteiger partial charge in [-0.05, 0) is 19.1 Å². The van der Waals surface area contributed by atoms with Crippen LogP contribution < -0.4 is 0 Å². The topological polar surface area (TPSA) is 73.6 Å². The number of hydrogen-bond donors (Lipinski definition) is 3. The number of rotatable bonds is 3. The Hall–Kier alpha value is -1.04. The van der Waals surface area contributed by atoms with Gasteiger partial charge in [-0.3, -0.25) is 0 Å². The molecule has 0 radical (unpaired) electrons.